The van der Waals surface area contributed by atoms with Crippen LogP contribution >= 0.6 is 0 Å². The monoisotopic (exact) mass is 182 g/mol. The highest BCUT2D eigenvalue weighted by atomic mass is 16.3. The second kappa shape index (κ2) is 3.01. The molecule has 2 rings (SSSR count). The lowest BCUT2D eigenvalue weighted by Crippen LogP contribution is -2.21. The van der Waals surface area contributed by atoms with Crippen LogP contribution in [0.25, 0.3) is 0 Å². The molecule has 0 bridgehead atoms. The molecule has 0 aliphatic carbocycles. The summed E-state index contributed by atoms with van der Waals surface area (Å²) in [6.45, 7) is 2.56. The van der Waals surface area contributed by atoms with E-state index < -0.39 is 0 Å². The summed E-state index contributed by atoms with van der Waals surface area (Å²) in [6.07, 6.45) is 0. The number of aliphatic hydroxyl groups is 1. The molecule has 0 atom stereocenters. The summed E-state index contributed by atoms with van der Waals surface area (Å²) in [5.74, 6) is 0.623. The number of β-amino-alcohol motifs (C(OH)–C–C–N with tert-alkyl or cyclic N) is 1. The van der Waals surface area contributed by atoms with Crippen molar-refractivity contribution < 1.29 is 5.11 Å². The second-order valence-corrected chi connectivity index (χ2v) is 3.37. The molecule has 0 fully saturated rings. The van der Waals surface area contributed by atoms with Crippen LogP contribution in [0.1, 0.15) is 11.3 Å². The van der Waals surface area contributed by atoms with Crippen LogP contribution in [-0.4, -0.2) is 32.9 Å². The van der Waals surface area contributed by atoms with Gasteiger partial charge in [-0.05, 0) is 0 Å². The Hall–Kier alpha value is -1.07. The maximum atomic E-state index is 8.79. The van der Waals surface area contributed by atoms with Gasteiger partial charge in [0.1, 0.15) is 5.82 Å². The fraction of sp³-hybridized carbons (Fsp3) is 0.625. The molecule has 0 spiro atoms. The zero-order chi connectivity index (χ0) is 9.42. The van der Waals surface area contributed by atoms with Gasteiger partial charge in [0.2, 0.25) is 0 Å². The van der Waals surface area contributed by atoms with Crippen LogP contribution in [-0.2, 0) is 20.1 Å². The number of nitrogens with two attached hydrogens (primary N) is 1. The fourth-order valence-electron chi connectivity index (χ4n) is 1.79. The lowest BCUT2D eigenvalue weighted by atomic mass is 10.3. The lowest BCUT2D eigenvalue weighted by molar-refractivity contribution is 0.195. The van der Waals surface area contributed by atoms with Crippen molar-refractivity contribution in [1.82, 2.24) is 14.7 Å². The number of aryl methyl sites for hydroxylation is 1. The van der Waals surface area contributed by atoms with Crippen molar-refractivity contribution in [2.75, 3.05) is 18.9 Å². The molecule has 0 unspecified atom stereocenters. The van der Waals surface area contributed by atoms with Crippen LogP contribution in [0.4, 0.5) is 5.82 Å². The van der Waals surface area contributed by atoms with E-state index in [1.807, 2.05) is 11.7 Å². The highest BCUT2D eigenvalue weighted by Crippen LogP contribution is 2.26. The first-order valence-corrected chi connectivity index (χ1v) is 4.36. The van der Waals surface area contributed by atoms with Gasteiger partial charge in [-0.15, -0.1) is 0 Å². The van der Waals surface area contributed by atoms with Crippen LogP contribution in [0.2, 0.25) is 0 Å². The average Bonchev–Trinajstić information content (AvgIpc) is 2.57. The standard InChI is InChI=1S/C8H14N4O/c1-11-7-5-12(2-3-13)4-6(7)8(9)10-11/h13H,2-5H2,1H3,(H2,9,10). The highest BCUT2D eigenvalue weighted by Gasteiger charge is 2.24. The van der Waals surface area contributed by atoms with Gasteiger partial charge in [0.05, 0.1) is 12.3 Å². The zero-order valence-electron chi connectivity index (χ0n) is 7.69. The Balaban J connectivity index is 2.21. The molecule has 3 N–H and O–H groups in total. The van der Waals surface area contributed by atoms with Crippen molar-refractivity contribution in [3.05, 3.63) is 11.3 Å². The third-order valence-electron chi connectivity index (χ3n) is 2.48. The number of fused-ring (bicyclic) bond motifs is 1. The van der Waals surface area contributed by atoms with E-state index in [1.54, 1.807) is 0 Å². The van der Waals surface area contributed by atoms with Crippen molar-refractivity contribution in [3.63, 3.8) is 0 Å². The first kappa shape index (κ1) is 8.52. The molecule has 0 radical (unpaired) electrons. The third-order valence-corrected chi connectivity index (χ3v) is 2.48. The average molecular weight is 182 g/mol. The quantitative estimate of drug-likeness (QED) is 0.635. The van der Waals surface area contributed by atoms with Crippen molar-refractivity contribution in [2.24, 2.45) is 7.05 Å². The predicted octanol–water partition coefficient (Wildman–Crippen LogP) is -0.690. The largest absolute Gasteiger partial charge is 0.395 e. The highest BCUT2D eigenvalue weighted by molar-refractivity contribution is 5.44. The van der Waals surface area contributed by atoms with Crippen LogP contribution < -0.4 is 5.73 Å². The number of rotatable bonds is 2. The molecule has 0 saturated heterocycles. The summed E-state index contributed by atoms with van der Waals surface area (Å²) in [5.41, 5.74) is 8.02. The zero-order valence-corrected chi connectivity index (χ0v) is 7.69. The molecule has 72 valence electrons. The number of aromatic nitrogens is 2. The predicted molar refractivity (Wildman–Crippen MR) is 48.8 cm³/mol. The minimum absolute atomic E-state index is 0.196. The Bertz CT molecular complexity index is 294. The Morgan fingerprint density at radius 2 is 2.31 bits per heavy atom. The minimum atomic E-state index is 0.196. The van der Waals surface area contributed by atoms with E-state index in [-0.39, 0.29) is 6.61 Å². The van der Waals surface area contributed by atoms with E-state index in [2.05, 4.69) is 10.00 Å². The van der Waals surface area contributed by atoms with E-state index in [1.165, 1.54) is 5.69 Å². The summed E-state index contributed by atoms with van der Waals surface area (Å²) in [7, 11) is 1.90. The van der Waals surface area contributed by atoms with E-state index in [9.17, 15) is 0 Å². The van der Waals surface area contributed by atoms with Crippen LogP contribution in [0.5, 0.6) is 0 Å². The summed E-state index contributed by atoms with van der Waals surface area (Å²) in [4.78, 5) is 2.16. The van der Waals surface area contributed by atoms with Crippen LogP contribution in [0.15, 0.2) is 0 Å². The molecule has 1 aromatic heterocycles. The Labute approximate surface area is 76.8 Å². The van der Waals surface area contributed by atoms with Crippen molar-refractivity contribution in [2.45, 2.75) is 13.1 Å². The third kappa shape index (κ3) is 1.30. The van der Waals surface area contributed by atoms with Crippen molar-refractivity contribution in [1.29, 1.82) is 0 Å². The lowest BCUT2D eigenvalue weighted by Gasteiger charge is -2.12. The van der Waals surface area contributed by atoms with Crippen LogP contribution in [0, 0.1) is 0 Å². The van der Waals surface area contributed by atoms with Gasteiger partial charge in [-0.1, -0.05) is 0 Å². The molecule has 1 aromatic rings. The molecule has 1 aliphatic heterocycles. The normalized spacial score (nSPS) is 16.5. The SMILES string of the molecule is Cn1nc(N)c2c1CN(CCO)C2. The van der Waals surface area contributed by atoms with E-state index in [4.69, 9.17) is 10.8 Å². The van der Waals surface area contributed by atoms with E-state index in [0.29, 0.717) is 12.4 Å². The van der Waals surface area contributed by atoms with Gasteiger partial charge in [0.25, 0.3) is 0 Å². The molecule has 0 aromatic carbocycles. The van der Waals surface area contributed by atoms with Crippen molar-refractivity contribution >= 4 is 5.82 Å². The van der Waals surface area contributed by atoms with Gasteiger partial charge in [0, 0.05) is 32.2 Å². The van der Waals surface area contributed by atoms with Gasteiger partial charge in [-0.25, -0.2) is 0 Å². The maximum Gasteiger partial charge on any atom is 0.150 e. The van der Waals surface area contributed by atoms with Crippen LogP contribution in [0.3, 0.4) is 0 Å². The molecule has 5 heteroatoms. The first-order valence-electron chi connectivity index (χ1n) is 4.36. The first-order chi connectivity index (χ1) is 6.22. The number of aliphatic hydroxyl groups excluding tert-OH is 1. The fourth-order valence-corrected chi connectivity index (χ4v) is 1.79. The Kier molecular flexibility index (Phi) is 1.97. The summed E-state index contributed by atoms with van der Waals surface area (Å²) < 4.78 is 1.82. The minimum Gasteiger partial charge on any atom is -0.395 e. The summed E-state index contributed by atoms with van der Waals surface area (Å²) in [5, 5.41) is 12.9. The van der Waals surface area contributed by atoms with Gasteiger partial charge in [-0.2, -0.15) is 5.10 Å². The topological polar surface area (TPSA) is 67.3 Å². The van der Waals surface area contributed by atoms with Gasteiger partial charge in [-0.3, -0.25) is 9.58 Å². The smallest absolute Gasteiger partial charge is 0.150 e. The number of hydrogen-bond acceptors (Lipinski definition) is 4. The molecule has 13 heavy (non-hydrogen) atoms. The molecule has 5 nitrogen and oxygen atoms in total. The number of nitrogen functional groups attached to an aromatic ring is 1. The summed E-state index contributed by atoms with van der Waals surface area (Å²) >= 11 is 0. The molecule has 0 amide bonds. The Morgan fingerprint density at radius 3 is 2.92 bits per heavy atom. The molecule has 0 saturated carbocycles. The maximum absolute atomic E-state index is 8.79. The van der Waals surface area contributed by atoms with Gasteiger partial charge in [0.15, 0.2) is 0 Å². The van der Waals surface area contributed by atoms with E-state index >= 15 is 0 Å². The molecular weight excluding hydrogens is 168 g/mol. The molecule has 2 heterocycles. The Morgan fingerprint density at radius 1 is 1.54 bits per heavy atom. The number of hydrogen-bond donors (Lipinski definition) is 2. The van der Waals surface area contributed by atoms with E-state index in [0.717, 1.165) is 18.7 Å². The van der Waals surface area contributed by atoms with Gasteiger partial charge >= 0.3 is 0 Å². The van der Waals surface area contributed by atoms with Crippen molar-refractivity contribution in [3.8, 4) is 0 Å². The molecular formula is C8H14N4O. The molecule has 1 aliphatic rings. The second-order valence-electron chi connectivity index (χ2n) is 3.37. The number of nitrogens with zero attached hydrogens (tertiary/aromatic N) is 3. The summed E-state index contributed by atoms with van der Waals surface area (Å²) in [6, 6.07) is 0. The number of anilines is 1. The van der Waals surface area contributed by atoms with Gasteiger partial charge < -0.3 is 10.8 Å².